The van der Waals surface area contributed by atoms with Crippen LogP contribution in [0.3, 0.4) is 0 Å². The molecule has 1 rings (SSSR count). The van der Waals surface area contributed by atoms with Crippen molar-refractivity contribution in [3.63, 3.8) is 0 Å². The highest BCUT2D eigenvalue weighted by Gasteiger charge is 2.15. The molecule has 18 heavy (non-hydrogen) atoms. The normalized spacial score (nSPS) is 9.83. The van der Waals surface area contributed by atoms with E-state index in [2.05, 4.69) is 5.32 Å². The van der Waals surface area contributed by atoms with Gasteiger partial charge in [0.15, 0.2) is 0 Å². The van der Waals surface area contributed by atoms with E-state index in [4.69, 9.17) is 5.73 Å². The lowest BCUT2D eigenvalue weighted by Crippen LogP contribution is -2.28. The first-order valence-electron chi connectivity index (χ1n) is 4.92. The maximum absolute atomic E-state index is 11.7. The number of nitro groups is 1. The van der Waals surface area contributed by atoms with Crippen molar-refractivity contribution in [1.29, 1.82) is 0 Å². The fourth-order valence-corrected chi connectivity index (χ4v) is 1.78. The molecular formula is C10H10IN3O4. The Kier molecular flexibility index (Phi) is 5.01. The SMILES string of the molecule is NC(=O)CCNC(=O)c1cc([N+](=O)[O-])ccc1I. The molecule has 8 heteroatoms. The molecular weight excluding hydrogens is 353 g/mol. The molecule has 3 N–H and O–H groups in total. The number of carbonyl (C=O) groups is 2. The minimum atomic E-state index is -0.573. The molecule has 0 spiro atoms. The van der Waals surface area contributed by atoms with Crippen LogP contribution in [0.4, 0.5) is 5.69 Å². The second-order valence-electron chi connectivity index (χ2n) is 3.39. The third-order valence-corrected chi connectivity index (χ3v) is 3.00. The lowest BCUT2D eigenvalue weighted by Gasteiger charge is -2.05. The van der Waals surface area contributed by atoms with Gasteiger partial charge in [0.25, 0.3) is 11.6 Å². The zero-order chi connectivity index (χ0) is 13.7. The van der Waals surface area contributed by atoms with Crippen LogP contribution in [0, 0.1) is 13.7 Å². The van der Waals surface area contributed by atoms with Crippen molar-refractivity contribution < 1.29 is 14.5 Å². The molecule has 0 aliphatic rings. The van der Waals surface area contributed by atoms with E-state index in [1.807, 2.05) is 22.6 Å². The second-order valence-corrected chi connectivity index (χ2v) is 4.56. The maximum Gasteiger partial charge on any atom is 0.270 e. The molecule has 7 nitrogen and oxygen atoms in total. The molecule has 0 unspecified atom stereocenters. The zero-order valence-electron chi connectivity index (χ0n) is 9.18. The first-order valence-corrected chi connectivity index (χ1v) is 6.00. The molecule has 0 saturated heterocycles. The number of benzene rings is 1. The van der Waals surface area contributed by atoms with E-state index in [1.165, 1.54) is 18.2 Å². The van der Waals surface area contributed by atoms with Crippen molar-refractivity contribution in [2.45, 2.75) is 6.42 Å². The average Bonchev–Trinajstić information content (AvgIpc) is 2.28. The minimum Gasteiger partial charge on any atom is -0.370 e. The van der Waals surface area contributed by atoms with Crippen LogP contribution >= 0.6 is 22.6 Å². The summed E-state index contributed by atoms with van der Waals surface area (Å²) < 4.78 is 0.592. The quantitative estimate of drug-likeness (QED) is 0.457. The van der Waals surface area contributed by atoms with Gasteiger partial charge in [0, 0.05) is 28.7 Å². The van der Waals surface area contributed by atoms with Crippen molar-refractivity contribution in [2.24, 2.45) is 5.73 Å². The van der Waals surface area contributed by atoms with Crippen LogP contribution in [-0.4, -0.2) is 23.3 Å². The molecule has 0 aliphatic heterocycles. The topological polar surface area (TPSA) is 115 Å². The maximum atomic E-state index is 11.7. The summed E-state index contributed by atoms with van der Waals surface area (Å²) in [6, 6.07) is 4.00. The number of primary amides is 1. The lowest BCUT2D eigenvalue weighted by molar-refractivity contribution is -0.384. The summed E-state index contributed by atoms with van der Waals surface area (Å²) in [4.78, 5) is 32.3. The molecule has 1 aromatic carbocycles. The molecule has 0 fully saturated rings. The summed E-state index contributed by atoms with van der Waals surface area (Å²) in [7, 11) is 0. The van der Waals surface area contributed by atoms with Crippen molar-refractivity contribution >= 4 is 40.1 Å². The second kappa shape index (κ2) is 6.28. The number of hydrogen-bond acceptors (Lipinski definition) is 4. The summed E-state index contributed by atoms with van der Waals surface area (Å²) in [5.74, 6) is -0.992. The van der Waals surface area contributed by atoms with Crippen molar-refractivity contribution in [3.8, 4) is 0 Å². The number of nitrogens with two attached hydrogens (primary N) is 1. The summed E-state index contributed by atoms with van der Waals surface area (Å²) in [6.07, 6.45) is 0.0250. The van der Waals surface area contributed by atoms with Crippen molar-refractivity contribution in [3.05, 3.63) is 37.4 Å². The van der Waals surface area contributed by atoms with Crippen molar-refractivity contribution in [2.75, 3.05) is 6.54 Å². The number of non-ortho nitro benzene ring substituents is 1. The third kappa shape index (κ3) is 3.95. The molecule has 0 radical (unpaired) electrons. The van der Waals surface area contributed by atoms with Crippen LogP contribution in [-0.2, 0) is 4.79 Å². The molecule has 0 bridgehead atoms. The van der Waals surface area contributed by atoms with E-state index < -0.39 is 16.7 Å². The van der Waals surface area contributed by atoms with Crippen LogP contribution in [0.2, 0.25) is 0 Å². The summed E-state index contributed by atoms with van der Waals surface area (Å²) >= 11 is 1.91. The van der Waals surface area contributed by atoms with Gasteiger partial charge in [0.1, 0.15) is 0 Å². The van der Waals surface area contributed by atoms with E-state index in [-0.39, 0.29) is 24.2 Å². The van der Waals surface area contributed by atoms with Crippen LogP contribution in [0.5, 0.6) is 0 Å². The fourth-order valence-electron chi connectivity index (χ4n) is 1.20. The molecule has 0 heterocycles. The minimum absolute atomic E-state index is 0.0250. The number of carbonyl (C=O) groups excluding carboxylic acids is 2. The Morgan fingerprint density at radius 1 is 1.44 bits per heavy atom. The van der Waals surface area contributed by atoms with Gasteiger partial charge in [-0.05, 0) is 28.7 Å². The summed E-state index contributed by atoms with van der Waals surface area (Å²) in [5.41, 5.74) is 4.98. The van der Waals surface area contributed by atoms with Gasteiger partial charge >= 0.3 is 0 Å². The van der Waals surface area contributed by atoms with E-state index in [0.717, 1.165) is 0 Å². The molecule has 1 aromatic rings. The van der Waals surface area contributed by atoms with E-state index in [9.17, 15) is 19.7 Å². The summed E-state index contributed by atoms with van der Waals surface area (Å²) in [5, 5.41) is 13.1. The average molecular weight is 363 g/mol. The predicted molar refractivity (Wildman–Crippen MR) is 72.0 cm³/mol. The van der Waals surface area contributed by atoms with Gasteiger partial charge in [0.2, 0.25) is 5.91 Å². The van der Waals surface area contributed by atoms with Gasteiger partial charge < -0.3 is 11.1 Å². The number of halogens is 1. The van der Waals surface area contributed by atoms with Crippen LogP contribution in [0.15, 0.2) is 18.2 Å². The number of nitro benzene ring substituents is 1. The molecule has 96 valence electrons. The van der Waals surface area contributed by atoms with Gasteiger partial charge in [-0.1, -0.05) is 0 Å². The monoisotopic (exact) mass is 363 g/mol. The Morgan fingerprint density at radius 3 is 2.67 bits per heavy atom. The number of hydrogen-bond donors (Lipinski definition) is 2. The number of nitrogens with one attached hydrogen (secondary N) is 1. The van der Waals surface area contributed by atoms with Crippen molar-refractivity contribution in [1.82, 2.24) is 5.32 Å². The van der Waals surface area contributed by atoms with Gasteiger partial charge in [-0.2, -0.15) is 0 Å². The van der Waals surface area contributed by atoms with Crippen LogP contribution in [0.1, 0.15) is 16.8 Å². The van der Waals surface area contributed by atoms with Gasteiger partial charge in [-0.3, -0.25) is 19.7 Å². The Labute approximate surface area is 116 Å². The highest BCUT2D eigenvalue weighted by atomic mass is 127. The lowest BCUT2D eigenvalue weighted by atomic mass is 10.2. The molecule has 0 atom stereocenters. The Balaban J connectivity index is 2.81. The van der Waals surface area contributed by atoms with Crippen LogP contribution in [0.25, 0.3) is 0 Å². The van der Waals surface area contributed by atoms with Gasteiger partial charge in [-0.25, -0.2) is 0 Å². The predicted octanol–water partition coefficient (Wildman–Crippen LogP) is 0.805. The van der Waals surface area contributed by atoms with Crippen LogP contribution < -0.4 is 11.1 Å². The Hall–Kier alpha value is -1.71. The molecule has 0 aromatic heterocycles. The highest BCUT2D eigenvalue weighted by molar-refractivity contribution is 14.1. The third-order valence-electron chi connectivity index (χ3n) is 2.06. The molecule has 0 saturated carbocycles. The standard InChI is InChI=1S/C10H10IN3O4/c11-8-2-1-6(14(17)18)5-7(8)10(16)13-4-3-9(12)15/h1-2,5H,3-4H2,(H2,12,15)(H,13,16). The number of amides is 2. The Bertz CT molecular complexity index is 504. The van der Waals surface area contributed by atoms with Gasteiger partial charge in [0.05, 0.1) is 10.5 Å². The first-order chi connectivity index (χ1) is 8.41. The van der Waals surface area contributed by atoms with E-state index >= 15 is 0 Å². The zero-order valence-corrected chi connectivity index (χ0v) is 11.3. The van der Waals surface area contributed by atoms with E-state index in [0.29, 0.717) is 3.57 Å². The first kappa shape index (κ1) is 14.4. The number of rotatable bonds is 5. The smallest absolute Gasteiger partial charge is 0.270 e. The Morgan fingerprint density at radius 2 is 2.11 bits per heavy atom. The fraction of sp³-hybridized carbons (Fsp3) is 0.200. The molecule has 0 aliphatic carbocycles. The van der Waals surface area contributed by atoms with Gasteiger partial charge in [-0.15, -0.1) is 0 Å². The number of nitrogens with zero attached hydrogens (tertiary/aromatic N) is 1. The van der Waals surface area contributed by atoms with E-state index in [1.54, 1.807) is 0 Å². The summed E-state index contributed by atoms with van der Waals surface area (Å²) in [6.45, 7) is 0.104. The largest absolute Gasteiger partial charge is 0.370 e. The highest BCUT2D eigenvalue weighted by Crippen LogP contribution is 2.19. The molecule has 2 amide bonds.